The molecule has 2 rings (SSSR count). The molecule has 2 aromatic rings. The van der Waals surface area contributed by atoms with E-state index in [1.165, 1.54) is 0 Å². The van der Waals surface area contributed by atoms with E-state index in [-0.39, 0.29) is 15.4 Å². The molecule has 1 atom stereocenters. The van der Waals surface area contributed by atoms with Crippen LogP contribution in [0.1, 0.15) is 25.7 Å². The van der Waals surface area contributed by atoms with Crippen molar-refractivity contribution in [1.29, 1.82) is 0 Å². The molecule has 0 nitrogen and oxygen atoms in total. The number of halogens is 4. The Labute approximate surface area is 122 Å². The minimum absolute atomic E-state index is 0.200. The van der Waals surface area contributed by atoms with Crippen molar-refractivity contribution in [3.05, 3.63) is 55.7 Å². The topological polar surface area (TPSA) is 0 Å². The number of hydrogen-bond donors (Lipinski definition) is 0. The predicted molar refractivity (Wildman–Crippen MR) is 75.9 cm³/mol. The first-order valence-electron chi connectivity index (χ1n) is 5.25. The minimum Gasteiger partial charge on any atom is -0.207 e. The highest BCUT2D eigenvalue weighted by Gasteiger charge is 2.20. The van der Waals surface area contributed by atoms with Crippen molar-refractivity contribution in [2.45, 2.75) is 18.7 Å². The van der Waals surface area contributed by atoms with Gasteiger partial charge in [-0.3, -0.25) is 0 Å². The zero-order valence-electron chi connectivity index (χ0n) is 9.73. The number of aryl methyl sites for hydroxylation is 2. The second kappa shape index (κ2) is 5.27. The molecule has 1 heterocycles. The van der Waals surface area contributed by atoms with Gasteiger partial charge in [-0.05, 0) is 37.6 Å². The van der Waals surface area contributed by atoms with Crippen LogP contribution in [0.4, 0.5) is 8.78 Å². The maximum Gasteiger partial charge on any atom is 0.142 e. The zero-order chi connectivity index (χ0) is 13.4. The number of rotatable bonds is 2. The lowest BCUT2D eigenvalue weighted by atomic mass is 10.0. The molecule has 0 aliphatic heterocycles. The van der Waals surface area contributed by atoms with Crippen LogP contribution in [0.25, 0.3) is 0 Å². The molecule has 96 valence electrons. The van der Waals surface area contributed by atoms with Crippen LogP contribution >= 0.6 is 38.9 Å². The summed E-state index contributed by atoms with van der Waals surface area (Å²) in [6.45, 7) is 3.95. The Morgan fingerprint density at radius 1 is 1.11 bits per heavy atom. The predicted octanol–water partition coefficient (Wildman–Crippen LogP) is 5.78. The van der Waals surface area contributed by atoms with Gasteiger partial charge in [-0.2, -0.15) is 0 Å². The Morgan fingerprint density at radius 3 is 2.33 bits per heavy atom. The molecule has 0 fully saturated rings. The highest BCUT2D eigenvalue weighted by molar-refractivity contribution is 9.09. The van der Waals surface area contributed by atoms with Gasteiger partial charge in [-0.1, -0.05) is 27.5 Å². The highest BCUT2D eigenvalue weighted by Crippen LogP contribution is 2.38. The second-order valence-electron chi connectivity index (χ2n) is 4.02. The van der Waals surface area contributed by atoms with E-state index >= 15 is 0 Å². The normalized spacial score (nSPS) is 12.8. The molecule has 0 radical (unpaired) electrons. The van der Waals surface area contributed by atoms with E-state index in [1.807, 2.05) is 19.9 Å². The Morgan fingerprint density at radius 2 is 1.78 bits per heavy atom. The van der Waals surface area contributed by atoms with Gasteiger partial charge in [0.2, 0.25) is 0 Å². The summed E-state index contributed by atoms with van der Waals surface area (Å²) in [5.41, 5.74) is 1.22. The molecule has 1 aromatic heterocycles. The lowest BCUT2D eigenvalue weighted by Crippen LogP contribution is -1.98. The van der Waals surface area contributed by atoms with Gasteiger partial charge in [0, 0.05) is 15.3 Å². The van der Waals surface area contributed by atoms with Crippen LogP contribution in [-0.2, 0) is 0 Å². The average Bonchev–Trinajstić information content (AvgIpc) is 2.62. The Bertz CT molecular complexity index is 595. The standard InChI is InChI=1S/C13H10BrClF2S/c1-6-3-8(7(2)18-6)13(14)9-4-12(17)10(15)5-11(9)16/h3-5,13H,1-2H3. The lowest BCUT2D eigenvalue weighted by Gasteiger charge is -2.12. The fourth-order valence-electron chi connectivity index (χ4n) is 1.80. The Kier molecular flexibility index (Phi) is 4.09. The molecule has 0 aliphatic rings. The van der Waals surface area contributed by atoms with E-state index in [0.717, 1.165) is 27.5 Å². The maximum absolute atomic E-state index is 13.8. The Hall–Kier alpha value is -0.450. The van der Waals surface area contributed by atoms with E-state index in [2.05, 4.69) is 15.9 Å². The summed E-state index contributed by atoms with van der Waals surface area (Å²) in [6.07, 6.45) is 0. The largest absolute Gasteiger partial charge is 0.207 e. The van der Waals surface area contributed by atoms with Crippen molar-refractivity contribution < 1.29 is 8.78 Å². The molecule has 0 saturated heterocycles. The van der Waals surface area contributed by atoms with E-state index in [9.17, 15) is 8.78 Å². The van der Waals surface area contributed by atoms with Crippen molar-refractivity contribution >= 4 is 38.9 Å². The molecule has 0 bridgehead atoms. The smallest absolute Gasteiger partial charge is 0.142 e. The van der Waals surface area contributed by atoms with Crippen molar-refractivity contribution in [1.82, 2.24) is 0 Å². The Balaban J connectivity index is 2.49. The summed E-state index contributed by atoms with van der Waals surface area (Å²) < 4.78 is 27.3. The summed E-state index contributed by atoms with van der Waals surface area (Å²) in [5, 5.41) is -0.200. The van der Waals surface area contributed by atoms with Gasteiger partial charge in [0.15, 0.2) is 0 Å². The van der Waals surface area contributed by atoms with Crippen LogP contribution in [0.2, 0.25) is 5.02 Å². The SMILES string of the molecule is Cc1cc(C(Br)c2cc(F)c(Cl)cc2F)c(C)s1. The van der Waals surface area contributed by atoms with Crippen LogP contribution in [0, 0.1) is 25.5 Å². The first-order chi connectivity index (χ1) is 8.40. The van der Waals surface area contributed by atoms with Crippen molar-refractivity contribution in [2.75, 3.05) is 0 Å². The molecular formula is C13H10BrClF2S. The fraction of sp³-hybridized carbons (Fsp3) is 0.231. The molecule has 18 heavy (non-hydrogen) atoms. The molecule has 0 aliphatic carbocycles. The zero-order valence-corrected chi connectivity index (χ0v) is 12.9. The van der Waals surface area contributed by atoms with Crippen molar-refractivity contribution in [3.63, 3.8) is 0 Å². The van der Waals surface area contributed by atoms with Crippen LogP contribution in [0.5, 0.6) is 0 Å². The number of hydrogen-bond acceptors (Lipinski definition) is 1. The quantitative estimate of drug-likeness (QED) is 0.475. The number of thiophene rings is 1. The molecule has 0 amide bonds. The third kappa shape index (κ3) is 2.60. The van der Waals surface area contributed by atoms with Crippen molar-refractivity contribution in [2.24, 2.45) is 0 Å². The maximum atomic E-state index is 13.8. The molecule has 0 spiro atoms. The van der Waals surface area contributed by atoms with E-state index in [4.69, 9.17) is 11.6 Å². The van der Waals surface area contributed by atoms with E-state index < -0.39 is 11.6 Å². The molecule has 0 N–H and O–H groups in total. The van der Waals surface area contributed by atoms with Gasteiger partial charge in [-0.15, -0.1) is 11.3 Å². The highest BCUT2D eigenvalue weighted by atomic mass is 79.9. The minimum atomic E-state index is -0.609. The molecule has 5 heteroatoms. The molecule has 1 aromatic carbocycles. The summed E-state index contributed by atoms with van der Waals surface area (Å²) in [4.78, 5) is 1.86. The third-order valence-electron chi connectivity index (χ3n) is 2.67. The third-order valence-corrected chi connectivity index (χ3v) is 4.92. The monoisotopic (exact) mass is 350 g/mol. The van der Waals surface area contributed by atoms with Gasteiger partial charge >= 0.3 is 0 Å². The van der Waals surface area contributed by atoms with Gasteiger partial charge in [0.25, 0.3) is 0 Å². The van der Waals surface area contributed by atoms with Crippen molar-refractivity contribution in [3.8, 4) is 0 Å². The molecule has 0 saturated carbocycles. The van der Waals surface area contributed by atoms with Gasteiger partial charge in [-0.25, -0.2) is 8.78 Å². The van der Waals surface area contributed by atoms with E-state index in [1.54, 1.807) is 11.3 Å². The molecule has 1 unspecified atom stereocenters. The average molecular weight is 352 g/mol. The summed E-state index contributed by atoms with van der Waals surface area (Å²) in [5.74, 6) is -1.12. The fourth-order valence-corrected chi connectivity index (χ4v) is 3.89. The van der Waals surface area contributed by atoms with Crippen LogP contribution in [0.3, 0.4) is 0 Å². The number of benzene rings is 1. The van der Waals surface area contributed by atoms with Crippen LogP contribution < -0.4 is 0 Å². The van der Waals surface area contributed by atoms with E-state index in [0.29, 0.717) is 0 Å². The molecular weight excluding hydrogens is 342 g/mol. The summed E-state index contributed by atoms with van der Waals surface area (Å²) >= 11 is 10.6. The first-order valence-corrected chi connectivity index (χ1v) is 7.36. The van der Waals surface area contributed by atoms with Crippen LogP contribution in [-0.4, -0.2) is 0 Å². The summed E-state index contributed by atoms with van der Waals surface area (Å²) in [7, 11) is 0. The van der Waals surface area contributed by atoms with Gasteiger partial charge in [0.1, 0.15) is 11.6 Å². The van der Waals surface area contributed by atoms with Gasteiger partial charge in [0.05, 0.1) is 9.85 Å². The lowest BCUT2D eigenvalue weighted by molar-refractivity contribution is 0.588. The van der Waals surface area contributed by atoms with Gasteiger partial charge < -0.3 is 0 Å². The number of alkyl halides is 1. The summed E-state index contributed by atoms with van der Waals surface area (Å²) in [6, 6.07) is 4.13. The van der Waals surface area contributed by atoms with Crippen LogP contribution in [0.15, 0.2) is 18.2 Å². The first kappa shape index (κ1) is 14.0. The second-order valence-corrected chi connectivity index (χ2v) is 6.80.